The van der Waals surface area contributed by atoms with Crippen LogP contribution < -0.4 is 11.3 Å². The molecule has 1 aliphatic rings. The van der Waals surface area contributed by atoms with Gasteiger partial charge in [0, 0.05) is 12.2 Å². The molecule has 1 heterocycles. The molecule has 1 saturated carbocycles. The van der Waals surface area contributed by atoms with Crippen molar-refractivity contribution in [1.29, 1.82) is 0 Å². The number of nitrogens with one attached hydrogen (secondary N) is 1. The Hall–Kier alpha value is -0.640. The lowest BCUT2D eigenvalue weighted by Gasteiger charge is -2.26. The van der Waals surface area contributed by atoms with Crippen LogP contribution in [0.25, 0.3) is 0 Å². The number of pyridine rings is 1. The van der Waals surface area contributed by atoms with Crippen molar-refractivity contribution in [3.05, 3.63) is 29.0 Å². The summed E-state index contributed by atoms with van der Waals surface area (Å²) in [5, 5.41) is 0.530. The highest BCUT2D eigenvalue weighted by Crippen LogP contribution is 2.31. The molecular formula is C13H20ClN3. The van der Waals surface area contributed by atoms with Crippen LogP contribution in [0.5, 0.6) is 0 Å². The Kier molecular flexibility index (Phi) is 4.77. The zero-order valence-corrected chi connectivity index (χ0v) is 10.8. The molecule has 1 aliphatic carbocycles. The molecule has 2 rings (SSSR count). The van der Waals surface area contributed by atoms with Crippen molar-refractivity contribution in [2.45, 2.75) is 44.6 Å². The predicted octanol–water partition coefficient (Wildman–Crippen LogP) is 3.21. The maximum Gasteiger partial charge on any atom is 0.129 e. The van der Waals surface area contributed by atoms with Gasteiger partial charge in [-0.25, -0.2) is 4.98 Å². The number of nitrogens with two attached hydrogens (primary N) is 1. The number of rotatable bonds is 4. The molecule has 3 nitrogen and oxygen atoms in total. The molecule has 1 fully saturated rings. The Morgan fingerprint density at radius 3 is 2.71 bits per heavy atom. The van der Waals surface area contributed by atoms with Crippen LogP contribution in [-0.4, -0.2) is 4.98 Å². The third-order valence-corrected chi connectivity index (χ3v) is 3.87. The molecule has 3 N–H and O–H groups in total. The molecule has 17 heavy (non-hydrogen) atoms. The summed E-state index contributed by atoms with van der Waals surface area (Å²) < 4.78 is 0. The van der Waals surface area contributed by atoms with E-state index >= 15 is 0 Å². The van der Waals surface area contributed by atoms with Crippen molar-refractivity contribution < 1.29 is 0 Å². The maximum absolute atomic E-state index is 5.79. The largest absolute Gasteiger partial charge is 0.271 e. The van der Waals surface area contributed by atoms with Crippen LogP contribution >= 0.6 is 11.6 Å². The van der Waals surface area contributed by atoms with Gasteiger partial charge in [-0.1, -0.05) is 49.8 Å². The van der Waals surface area contributed by atoms with Gasteiger partial charge in [0.15, 0.2) is 0 Å². The summed E-state index contributed by atoms with van der Waals surface area (Å²) in [5.41, 5.74) is 4.03. The summed E-state index contributed by atoms with van der Waals surface area (Å²) in [5.74, 6) is 6.44. The van der Waals surface area contributed by atoms with Gasteiger partial charge in [0.1, 0.15) is 5.15 Å². The van der Waals surface area contributed by atoms with Crippen LogP contribution in [0, 0.1) is 5.92 Å². The van der Waals surface area contributed by atoms with E-state index in [2.05, 4.69) is 10.4 Å². The van der Waals surface area contributed by atoms with Crippen LogP contribution in [0.3, 0.4) is 0 Å². The van der Waals surface area contributed by atoms with Crippen molar-refractivity contribution in [1.82, 2.24) is 10.4 Å². The SMILES string of the molecule is NNC(CC1CCCCC1)c1ccc(Cl)nc1. The minimum Gasteiger partial charge on any atom is -0.271 e. The van der Waals surface area contributed by atoms with Gasteiger partial charge in [-0.2, -0.15) is 0 Å². The van der Waals surface area contributed by atoms with Crippen LogP contribution in [0.1, 0.15) is 50.1 Å². The zero-order valence-electron chi connectivity index (χ0n) is 10.0. The van der Waals surface area contributed by atoms with Crippen LogP contribution in [0.4, 0.5) is 0 Å². The molecule has 0 bridgehead atoms. The van der Waals surface area contributed by atoms with E-state index in [1.165, 1.54) is 32.1 Å². The molecule has 1 atom stereocenters. The highest BCUT2D eigenvalue weighted by Gasteiger charge is 2.19. The monoisotopic (exact) mass is 253 g/mol. The quantitative estimate of drug-likeness (QED) is 0.492. The zero-order chi connectivity index (χ0) is 12.1. The van der Waals surface area contributed by atoms with Crippen LogP contribution in [0.15, 0.2) is 18.3 Å². The van der Waals surface area contributed by atoms with Crippen molar-refractivity contribution in [2.24, 2.45) is 11.8 Å². The summed E-state index contributed by atoms with van der Waals surface area (Å²) >= 11 is 5.79. The topological polar surface area (TPSA) is 50.9 Å². The lowest BCUT2D eigenvalue weighted by atomic mass is 9.84. The van der Waals surface area contributed by atoms with E-state index in [1.54, 1.807) is 0 Å². The Morgan fingerprint density at radius 2 is 2.12 bits per heavy atom. The maximum atomic E-state index is 5.79. The number of nitrogens with zero attached hydrogens (tertiary/aromatic N) is 1. The third-order valence-electron chi connectivity index (χ3n) is 3.65. The Morgan fingerprint density at radius 1 is 1.35 bits per heavy atom. The van der Waals surface area contributed by atoms with E-state index in [9.17, 15) is 0 Å². The van der Waals surface area contributed by atoms with Gasteiger partial charge < -0.3 is 0 Å². The standard InChI is InChI=1S/C13H20ClN3/c14-13-7-6-11(9-16-13)12(17-15)8-10-4-2-1-3-5-10/h6-7,9-10,12,17H,1-5,8,15H2. The number of halogens is 1. The van der Waals surface area contributed by atoms with Crippen molar-refractivity contribution in [2.75, 3.05) is 0 Å². The van der Waals surface area contributed by atoms with Crippen LogP contribution in [-0.2, 0) is 0 Å². The first-order valence-electron chi connectivity index (χ1n) is 6.37. The molecule has 0 amide bonds. The lowest BCUT2D eigenvalue weighted by Crippen LogP contribution is -2.30. The average molecular weight is 254 g/mol. The molecule has 4 heteroatoms. The van der Waals surface area contributed by atoms with E-state index in [1.807, 2.05) is 18.3 Å². The number of aromatic nitrogens is 1. The minimum atomic E-state index is 0.197. The van der Waals surface area contributed by atoms with Gasteiger partial charge in [-0.15, -0.1) is 0 Å². The molecule has 1 unspecified atom stereocenters. The van der Waals surface area contributed by atoms with E-state index in [0.29, 0.717) is 5.15 Å². The second-order valence-corrected chi connectivity index (χ2v) is 5.26. The van der Waals surface area contributed by atoms with Crippen LogP contribution in [0.2, 0.25) is 5.15 Å². The fourth-order valence-corrected chi connectivity index (χ4v) is 2.76. The normalized spacial score (nSPS) is 19.2. The number of hydrogen-bond acceptors (Lipinski definition) is 3. The molecule has 0 saturated heterocycles. The van der Waals surface area contributed by atoms with Crippen molar-refractivity contribution in [3.63, 3.8) is 0 Å². The second-order valence-electron chi connectivity index (χ2n) is 4.87. The smallest absolute Gasteiger partial charge is 0.129 e. The van der Waals surface area contributed by atoms with Gasteiger partial charge in [-0.3, -0.25) is 11.3 Å². The van der Waals surface area contributed by atoms with E-state index in [-0.39, 0.29) is 6.04 Å². The first-order valence-corrected chi connectivity index (χ1v) is 6.75. The minimum absolute atomic E-state index is 0.197. The van der Waals surface area contributed by atoms with Crippen molar-refractivity contribution >= 4 is 11.6 Å². The fraction of sp³-hybridized carbons (Fsp3) is 0.615. The lowest BCUT2D eigenvalue weighted by molar-refractivity contribution is 0.301. The van der Waals surface area contributed by atoms with Crippen molar-refractivity contribution in [3.8, 4) is 0 Å². The Labute approximate surface area is 108 Å². The summed E-state index contributed by atoms with van der Waals surface area (Å²) in [4.78, 5) is 4.11. The molecule has 94 valence electrons. The summed E-state index contributed by atoms with van der Waals surface area (Å²) in [6, 6.07) is 4.02. The molecule has 0 spiro atoms. The Bertz CT molecular complexity index is 333. The van der Waals surface area contributed by atoms with Gasteiger partial charge in [-0.05, 0) is 24.0 Å². The van der Waals surface area contributed by atoms with E-state index < -0.39 is 0 Å². The summed E-state index contributed by atoms with van der Waals surface area (Å²) in [7, 11) is 0. The highest BCUT2D eigenvalue weighted by atomic mass is 35.5. The van der Waals surface area contributed by atoms with E-state index in [0.717, 1.165) is 17.9 Å². The van der Waals surface area contributed by atoms with E-state index in [4.69, 9.17) is 17.4 Å². The molecule has 0 aromatic carbocycles. The second kappa shape index (κ2) is 6.34. The predicted molar refractivity (Wildman–Crippen MR) is 70.5 cm³/mol. The molecule has 1 aromatic rings. The van der Waals surface area contributed by atoms with Gasteiger partial charge in [0.25, 0.3) is 0 Å². The van der Waals surface area contributed by atoms with Gasteiger partial charge in [0.05, 0.1) is 0 Å². The Balaban J connectivity index is 1.97. The average Bonchev–Trinajstić information content (AvgIpc) is 2.38. The third kappa shape index (κ3) is 3.66. The van der Waals surface area contributed by atoms with Gasteiger partial charge >= 0.3 is 0 Å². The molecule has 1 aromatic heterocycles. The first kappa shape index (κ1) is 12.8. The fourth-order valence-electron chi connectivity index (χ4n) is 2.65. The number of hydrazine groups is 1. The molecule has 0 radical (unpaired) electrons. The number of hydrogen-bond donors (Lipinski definition) is 2. The first-order chi connectivity index (χ1) is 8.29. The van der Waals surface area contributed by atoms with Gasteiger partial charge in [0.2, 0.25) is 0 Å². The highest BCUT2D eigenvalue weighted by molar-refractivity contribution is 6.29. The summed E-state index contributed by atoms with van der Waals surface area (Å²) in [6.07, 6.45) is 9.69. The molecule has 0 aliphatic heterocycles. The summed E-state index contributed by atoms with van der Waals surface area (Å²) in [6.45, 7) is 0. The molecular weight excluding hydrogens is 234 g/mol.